The summed E-state index contributed by atoms with van der Waals surface area (Å²) in [5, 5.41) is 5.22. The van der Waals surface area contributed by atoms with Gasteiger partial charge in [0.05, 0.1) is 0 Å². The monoisotopic (exact) mass is 299 g/mol. The van der Waals surface area contributed by atoms with Gasteiger partial charge in [-0.3, -0.25) is 0 Å². The van der Waals surface area contributed by atoms with Gasteiger partial charge in [-0.05, 0) is 49.4 Å². The van der Waals surface area contributed by atoms with Crippen LogP contribution in [0.2, 0.25) is 10.0 Å². The Balaban J connectivity index is 2.37. The van der Waals surface area contributed by atoms with Crippen molar-refractivity contribution in [1.82, 2.24) is 5.32 Å². The fourth-order valence-electron chi connectivity index (χ4n) is 3.43. The summed E-state index contributed by atoms with van der Waals surface area (Å²) in [6.07, 6.45) is 4.85. The van der Waals surface area contributed by atoms with Crippen LogP contribution in [0, 0.1) is 5.92 Å². The SMILES string of the molecule is CCCNCC1(c2c(Cl)cccc2Cl)CCCC1C. The molecule has 1 aliphatic rings. The molecule has 0 saturated heterocycles. The lowest BCUT2D eigenvalue weighted by Crippen LogP contribution is -2.41. The average Bonchev–Trinajstić information content (AvgIpc) is 2.72. The summed E-state index contributed by atoms with van der Waals surface area (Å²) in [5.41, 5.74) is 1.26. The van der Waals surface area contributed by atoms with Crippen LogP contribution in [0.5, 0.6) is 0 Å². The molecule has 0 aliphatic heterocycles. The second kappa shape index (κ2) is 6.47. The van der Waals surface area contributed by atoms with E-state index in [2.05, 4.69) is 19.2 Å². The molecular formula is C16H23Cl2N. The molecule has 0 spiro atoms. The van der Waals surface area contributed by atoms with Crippen molar-refractivity contribution in [2.24, 2.45) is 5.92 Å². The minimum atomic E-state index is 0.102. The third kappa shape index (κ3) is 2.94. The zero-order chi connectivity index (χ0) is 13.9. The highest BCUT2D eigenvalue weighted by atomic mass is 35.5. The highest BCUT2D eigenvalue weighted by Crippen LogP contribution is 2.49. The summed E-state index contributed by atoms with van der Waals surface area (Å²) in [5.74, 6) is 0.620. The minimum absolute atomic E-state index is 0.102. The van der Waals surface area contributed by atoms with Gasteiger partial charge in [-0.1, -0.05) is 49.5 Å². The van der Waals surface area contributed by atoms with Gasteiger partial charge in [-0.2, -0.15) is 0 Å². The van der Waals surface area contributed by atoms with Gasteiger partial charge in [0.2, 0.25) is 0 Å². The number of hydrogen-bond donors (Lipinski definition) is 1. The highest BCUT2D eigenvalue weighted by Gasteiger charge is 2.43. The number of nitrogens with one attached hydrogen (secondary N) is 1. The van der Waals surface area contributed by atoms with Gasteiger partial charge in [-0.15, -0.1) is 0 Å². The Hall–Kier alpha value is -0.240. The standard InChI is InChI=1S/C16H23Cl2N/c1-3-10-19-11-16(9-5-6-12(16)2)15-13(17)7-4-8-14(15)18/h4,7-8,12,19H,3,5-6,9-11H2,1-2H3. The van der Waals surface area contributed by atoms with Gasteiger partial charge in [0.15, 0.2) is 0 Å². The first-order valence-electron chi connectivity index (χ1n) is 7.27. The predicted octanol–water partition coefficient (Wildman–Crippen LogP) is 5.05. The first kappa shape index (κ1) is 15.2. The van der Waals surface area contributed by atoms with Crippen LogP contribution in [-0.2, 0) is 5.41 Å². The summed E-state index contributed by atoms with van der Waals surface area (Å²) in [4.78, 5) is 0. The lowest BCUT2D eigenvalue weighted by Gasteiger charge is -2.36. The predicted molar refractivity (Wildman–Crippen MR) is 84.3 cm³/mol. The van der Waals surface area contributed by atoms with Gasteiger partial charge >= 0.3 is 0 Å². The van der Waals surface area contributed by atoms with Crippen molar-refractivity contribution in [1.29, 1.82) is 0 Å². The molecule has 0 heterocycles. The Kier molecular flexibility index (Phi) is 5.16. The highest BCUT2D eigenvalue weighted by molar-refractivity contribution is 6.36. The summed E-state index contributed by atoms with van der Waals surface area (Å²) in [6.45, 7) is 6.56. The largest absolute Gasteiger partial charge is 0.316 e. The fourth-order valence-corrected chi connectivity index (χ4v) is 4.20. The van der Waals surface area contributed by atoms with Crippen molar-refractivity contribution >= 4 is 23.2 Å². The van der Waals surface area contributed by atoms with Crippen molar-refractivity contribution < 1.29 is 0 Å². The zero-order valence-electron chi connectivity index (χ0n) is 11.8. The topological polar surface area (TPSA) is 12.0 Å². The Morgan fingerprint density at radius 3 is 2.53 bits per heavy atom. The Morgan fingerprint density at radius 1 is 1.32 bits per heavy atom. The molecule has 1 fully saturated rings. The van der Waals surface area contributed by atoms with Crippen molar-refractivity contribution in [2.45, 2.75) is 44.9 Å². The molecule has 0 amide bonds. The summed E-state index contributed by atoms with van der Waals surface area (Å²) < 4.78 is 0. The molecule has 2 unspecified atom stereocenters. The minimum Gasteiger partial charge on any atom is -0.316 e. The molecule has 1 aromatic rings. The van der Waals surface area contributed by atoms with Gasteiger partial charge in [0.25, 0.3) is 0 Å². The maximum Gasteiger partial charge on any atom is 0.0459 e. The van der Waals surface area contributed by atoms with Crippen molar-refractivity contribution in [3.8, 4) is 0 Å². The van der Waals surface area contributed by atoms with E-state index in [1.54, 1.807) is 0 Å². The van der Waals surface area contributed by atoms with Crippen LogP contribution in [0.1, 0.15) is 45.1 Å². The van der Waals surface area contributed by atoms with E-state index in [0.717, 1.165) is 35.1 Å². The van der Waals surface area contributed by atoms with E-state index in [1.165, 1.54) is 19.3 Å². The van der Waals surface area contributed by atoms with E-state index >= 15 is 0 Å². The lowest BCUT2D eigenvalue weighted by atomic mass is 9.72. The molecule has 0 aromatic heterocycles. The molecule has 19 heavy (non-hydrogen) atoms. The second-order valence-electron chi connectivity index (χ2n) is 5.72. The number of rotatable bonds is 5. The quantitative estimate of drug-likeness (QED) is 0.750. The molecule has 1 N–H and O–H groups in total. The fraction of sp³-hybridized carbons (Fsp3) is 0.625. The van der Waals surface area contributed by atoms with Crippen LogP contribution >= 0.6 is 23.2 Å². The van der Waals surface area contributed by atoms with E-state index < -0.39 is 0 Å². The van der Waals surface area contributed by atoms with Crippen LogP contribution in [0.25, 0.3) is 0 Å². The Labute approximate surface area is 126 Å². The average molecular weight is 300 g/mol. The second-order valence-corrected chi connectivity index (χ2v) is 6.54. The van der Waals surface area contributed by atoms with Crippen LogP contribution in [-0.4, -0.2) is 13.1 Å². The van der Waals surface area contributed by atoms with Crippen molar-refractivity contribution in [3.63, 3.8) is 0 Å². The van der Waals surface area contributed by atoms with Crippen LogP contribution in [0.4, 0.5) is 0 Å². The molecule has 2 rings (SSSR count). The molecule has 0 bridgehead atoms. The van der Waals surface area contributed by atoms with E-state index in [1.807, 2.05) is 18.2 Å². The molecule has 1 nitrogen and oxygen atoms in total. The first-order valence-corrected chi connectivity index (χ1v) is 8.02. The number of benzene rings is 1. The van der Waals surface area contributed by atoms with Crippen LogP contribution < -0.4 is 5.32 Å². The summed E-state index contributed by atoms with van der Waals surface area (Å²) in [7, 11) is 0. The third-order valence-corrected chi connectivity index (χ3v) is 5.16. The third-order valence-electron chi connectivity index (χ3n) is 4.53. The van der Waals surface area contributed by atoms with Gasteiger partial charge in [0, 0.05) is 22.0 Å². The van der Waals surface area contributed by atoms with E-state index in [0.29, 0.717) is 5.92 Å². The van der Waals surface area contributed by atoms with E-state index in [-0.39, 0.29) is 5.41 Å². The normalized spacial score (nSPS) is 26.8. The van der Waals surface area contributed by atoms with E-state index in [4.69, 9.17) is 23.2 Å². The smallest absolute Gasteiger partial charge is 0.0459 e. The van der Waals surface area contributed by atoms with Crippen molar-refractivity contribution in [2.75, 3.05) is 13.1 Å². The molecule has 1 saturated carbocycles. The number of halogens is 2. The lowest BCUT2D eigenvalue weighted by molar-refractivity contribution is 0.318. The first-order chi connectivity index (χ1) is 9.12. The molecule has 2 atom stereocenters. The Bertz CT molecular complexity index is 413. The zero-order valence-corrected chi connectivity index (χ0v) is 13.3. The summed E-state index contributed by atoms with van der Waals surface area (Å²) >= 11 is 12.9. The van der Waals surface area contributed by atoms with Gasteiger partial charge in [0.1, 0.15) is 0 Å². The maximum atomic E-state index is 6.46. The molecule has 106 valence electrons. The number of hydrogen-bond acceptors (Lipinski definition) is 1. The van der Waals surface area contributed by atoms with Crippen LogP contribution in [0.15, 0.2) is 18.2 Å². The van der Waals surface area contributed by atoms with Crippen LogP contribution in [0.3, 0.4) is 0 Å². The molecule has 1 aromatic carbocycles. The summed E-state index contributed by atoms with van der Waals surface area (Å²) in [6, 6.07) is 5.87. The molecular weight excluding hydrogens is 277 g/mol. The maximum absolute atomic E-state index is 6.46. The van der Waals surface area contributed by atoms with Crippen molar-refractivity contribution in [3.05, 3.63) is 33.8 Å². The van der Waals surface area contributed by atoms with Gasteiger partial charge < -0.3 is 5.32 Å². The molecule has 1 aliphatic carbocycles. The molecule has 0 radical (unpaired) electrons. The Morgan fingerprint density at radius 2 is 2.00 bits per heavy atom. The van der Waals surface area contributed by atoms with Gasteiger partial charge in [-0.25, -0.2) is 0 Å². The van der Waals surface area contributed by atoms with E-state index in [9.17, 15) is 0 Å². The molecule has 3 heteroatoms.